The molecule has 0 saturated heterocycles. The van der Waals surface area contributed by atoms with Gasteiger partial charge in [0.25, 0.3) is 0 Å². The highest BCUT2D eigenvalue weighted by molar-refractivity contribution is 6.30. The van der Waals surface area contributed by atoms with E-state index in [1.54, 1.807) is 0 Å². The lowest BCUT2D eigenvalue weighted by Crippen LogP contribution is -1.95. The molecule has 0 aliphatic carbocycles. The van der Waals surface area contributed by atoms with Crippen LogP contribution in [0.4, 0.5) is 4.39 Å². The smallest absolute Gasteiger partial charge is 0.373 e. The lowest BCUT2D eigenvalue weighted by atomic mass is 10.2. The zero-order valence-electron chi connectivity index (χ0n) is 8.70. The number of aromatic nitrogens is 1. The van der Waals surface area contributed by atoms with Crippen LogP contribution in [0.2, 0.25) is 5.02 Å². The van der Waals surface area contributed by atoms with E-state index in [1.807, 2.05) is 0 Å². The molecule has 1 heterocycles. The van der Waals surface area contributed by atoms with Crippen molar-refractivity contribution in [3.05, 3.63) is 40.5 Å². The zero-order chi connectivity index (χ0) is 12.6. The molecule has 0 amide bonds. The maximum Gasteiger partial charge on any atom is 0.373 e. The van der Waals surface area contributed by atoms with Crippen molar-refractivity contribution in [3.63, 3.8) is 0 Å². The van der Waals surface area contributed by atoms with Crippen LogP contribution in [0.3, 0.4) is 0 Å². The molecule has 1 aromatic heterocycles. The highest BCUT2D eigenvalue weighted by Gasteiger charge is 2.17. The largest absolute Gasteiger partial charge is 0.475 e. The highest BCUT2D eigenvalue weighted by atomic mass is 35.5. The van der Waals surface area contributed by atoms with E-state index in [9.17, 15) is 9.18 Å². The molecule has 0 atom stereocenters. The van der Waals surface area contributed by atoms with Gasteiger partial charge in [-0.25, -0.2) is 14.2 Å². The Kier molecular flexibility index (Phi) is 2.85. The van der Waals surface area contributed by atoms with Crippen LogP contribution in [0.25, 0.3) is 11.5 Å². The second-order valence-corrected chi connectivity index (χ2v) is 3.77. The Hall–Kier alpha value is -1.88. The van der Waals surface area contributed by atoms with Gasteiger partial charge < -0.3 is 9.52 Å². The number of benzene rings is 1. The fraction of sp³-hybridized carbons (Fsp3) is 0.0909. The number of hydrogen-bond donors (Lipinski definition) is 1. The second kappa shape index (κ2) is 4.18. The van der Waals surface area contributed by atoms with Crippen molar-refractivity contribution >= 4 is 17.6 Å². The van der Waals surface area contributed by atoms with E-state index < -0.39 is 11.8 Å². The van der Waals surface area contributed by atoms with E-state index in [1.165, 1.54) is 19.1 Å². The quantitative estimate of drug-likeness (QED) is 0.895. The van der Waals surface area contributed by atoms with E-state index in [2.05, 4.69) is 4.98 Å². The van der Waals surface area contributed by atoms with Crippen molar-refractivity contribution in [1.82, 2.24) is 4.98 Å². The summed E-state index contributed by atoms with van der Waals surface area (Å²) in [7, 11) is 0. The standard InChI is InChI=1S/C11H7ClFNO3/c1-5-9(11(15)16)17-10(14-5)6-2-3-7(12)8(13)4-6/h2-4H,1H3,(H,15,16). The fourth-order valence-corrected chi connectivity index (χ4v) is 1.47. The number of aromatic carboxylic acids is 1. The van der Waals surface area contributed by atoms with Crippen molar-refractivity contribution in [2.45, 2.75) is 6.92 Å². The summed E-state index contributed by atoms with van der Waals surface area (Å²) in [4.78, 5) is 14.7. The monoisotopic (exact) mass is 255 g/mol. The Labute approximate surface area is 101 Å². The van der Waals surface area contributed by atoms with Gasteiger partial charge in [0.15, 0.2) is 0 Å². The number of carboxylic acids is 1. The highest BCUT2D eigenvalue weighted by Crippen LogP contribution is 2.25. The van der Waals surface area contributed by atoms with Gasteiger partial charge in [0.05, 0.1) is 10.7 Å². The minimum absolute atomic E-state index is 0.0181. The molecular formula is C11H7ClFNO3. The van der Waals surface area contributed by atoms with Gasteiger partial charge in [0.1, 0.15) is 5.82 Å². The van der Waals surface area contributed by atoms with Crippen molar-refractivity contribution in [1.29, 1.82) is 0 Å². The molecule has 0 spiro atoms. The molecule has 1 aromatic carbocycles. The Bertz CT molecular complexity index is 594. The molecule has 88 valence electrons. The van der Waals surface area contributed by atoms with Crippen LogP contribution in [0, 0.1) is 12.7 Å². The minimum atomic E-state index is -1.21. The van der Waals surface area contributed by atoms with Gasteiger partial charge in [0, 0.05) is 5.56 Å². The predicted octanol–water partition coefficient (Wildman–Crippen LogP) is 3.14. The minimum Gasteiger partial charge on any atom is -0.475 e. The maximum absolute atomic E-state index is 13.2. The third kappa shape index (κ3) is 2.14. The van der Waals surface area contributed by atoms with Crippen LogP contribution >= 0.6 is 11.6 Å². The van der Waals surface area contributed by atoms with Gasteiger partial charge in [-0.1, -0.05) is 11.6 Å². The van der Waals surface area contributed by atoms with Gasteiger partial charge in [-0.05, 0) is 25.1 Å². The number of oxazole rings is 1. The number of aryl methyl sites for hydroxylation is 1. The van der Waals surface area contributed by atoms with Gasteiger partial charge >= 0.3 is 5.97 Å². The molecule has 0 aliphatic rings. The number of nitrogens with zero attached hydrogens (tertiary/aromatic N) is 1. The molecule has 4 nitrogen and oxygen atoms in total. The van der Waals surface area contributed by atoms with E-state index in [0.717, 1.165) is 6.07 Å². The van der Waals surface area contributed by atoms with Crippen molar-refractivity contribution in [2.75, 3.05) is 0 Å². The first kappa shape index (κ1) is 11.6. The first-order valence-corrected chi connectivity index (χ1v) is 5.03. The van der Waals surface area contributed by atoms with Crippen LogP contribution in [0.5, 0.6) is 0 Å². The van der Waals surface area contributed by atoms with Gasteiger partial charge in [-0.15, -0.1) is 0 Å². The van der Waals surface area contributed by atoms with Gasteiger partial charge in [0.2, 0.25) is 11.7 Å². The number of rotatable bonds is 2. The summed E-state index contributed by atoms with van der Waals surface area (Å²) in [6.07, 6.45) is 0. The third-order valence-corrected chi connectivity index (χ3v) is 2.46. The summed E-state index contributed by atoms with van der Waals surface area (Å²) < 4.78 is 18.2. The molecule has 0 radical (unpaired) electrons. The SMILES string of the molecule is Cc1nc(-c2ccc(Cl)c(F)c2)oc1C(=O)O. The number of carboxylic acid groups (broad SMARTS) is 1. The van der Waals surface area contributed by atoms with Crippen LogP contribution in [0.15, 0.2) is 22.6 Å². The molecule has 2 rings (SSSR count). The fourth-order valence-electron chi connectivity index (χ4n) is 1.35. The molecule has 0 unspecified atom stereocenters. The van der Waals surface area contributed by atoms with Crippen LogP contribution in [-0.2, 0) is 0 Å². The Balaban J connectivity index is 2.50. The molecule has 0 fully saturated rings. The summed E-state index contributed by atoms with van der Waals surface area (Å²) in [6, 6.07) is 3.99. The van der Waals surface area contributed by atoms with Crippen molar-refractivity contribution in [2.24, 2.45) is 0 Å². The summed E-state index contributed by atoms with van der Waals surface area (Å²) in [5.74, 6) is -2.03. The van der Waals surface area contributed by atoms with Crippen molar-refractivity contribution < 1.29 is 18.7 Å². The maximum atomic E-state index is 13.2. The second-order valence-electron chi connectivity index (χ2n) is 3.37. The Morgan fingerprint density at radius 3 is 2.76 bits per heavy atom. The normalized spacial score (nSPS) is 10.5. The van der Waals surface area contributed by atoms with E-state index in [-0.39, 0.29) is 22.4 Å². The molecule has 1 N–H and O–H groups in total. The molecule has 0 bridgehead atoms. The average molecular weight is 256 g/mol. The summed E-state index contributed by atoms with van der Waals surface area (Å²) in [6.45, 7) is 1.50. The number of carbonyl (C=O) groups is 1. The molecule has 17 heavy (non-hydrogen) atoms. The Morgan fingerprint density at radius 1 is 1.53 bits per heavy atom. The van der Waals surface area contributed by atoms with E-state index >= 15 is 0 Å². The van der Waals surface area contributed by atoms with Gasteiger partial charge in [-0.2, -0.15) is 0 Å². The zero-order valence-corrected chi connectivity index (χ0v) is 9.45. The van der Waals surface area contributed by atoms with Crippen LogP contribution in [0.1, 0.15) is 16.2 Å². The lowest BCUT2D eigenvalue weighted by molar-refractivity contribution is 0.0662. The predicted molar refractivity (Wildman–Crippen MR) is 58.6 cm³/mol. The first-order valence-electron chi connectivity index (χ1n) is 4.65. The third-order valence-electron chi connectivity index (χ3n) is 2.16. The molecule has 0 saturated carbocycles. The van der Waals surface area contributed by atoms with Gasteiger partial charge in [-0.3, -0.25) is 0 Å². The summed E-state index contributed by atoms with van der Waals surface area (Å²) in [5.41, 5.74) is 0.574. The van der Waals surface area contributed by atoms with E-state index in [4.69, 9.17) is 21.1 Å². The number of halogens is 2. The molecule has 0 aliphatic heterocycles. The summed E-state index contributed by atoms with van der Waals surface area (Å²) >= 11 is 5.53. The lowest BCUT2D eigenvalue weighted by Gasteiger charge is -1.97. The van der Waals surface area contributed by atoms with Crippen LogP contribution in [-0.4, -0.2) is 16.1 Å². The first-order chi connectivity index (χ1) is 7.99. The summed E-state index contributed by atoms with van der Waals surface area (Å²) in [5, 5.41) is 8.78. The van der Waals surface area contributed by atoms with Crippen molar-refractivity contribution in [3.8, 4) is 11.5 Å². The Morgan fingerprint density at radius 2 is 2.24 bits per heavy atom. The number of hydrogen-bond acceptors (Lipinski definition) is 3. The average Bonchev–Trinajstić information content (AvgIpc) is 2.64. The van der Waals surface area contributed by atoms with Crippen LogP contribution < -0.4 is 0 Å². The molecule has 2 aromatic rings. The molecule has 6 heteroatoms. The van der Waals surface area contributed by atoms with E-state index in [0.29, 0.717) is 5.56 Å². The topological polar surface area (TPSA) is 63.3 Å². The molecular weight excluding hydrogens is 249 g/mol.